The molecule has 4 rings (SSSR count). The van der Waals surface area contributed by atoms with Crippen LogP contribution in [0.15, 0.2) is 54.9 Å². The monoisotopic (exact) mass is 580 g/mol. The second-order valence-electron chi connectivity index (χ2n) is 8.63. The number of aromatic hydroxyl groups is 1. The second-order valence-corrected chi connectivity index (χ2v) is 12.6. The Labute approximate surface area is 224 Å². The van der Waals surface area contributed by atoms with E-state index >= 15 is 0 Å². The molecule has 0 saturated heterocycles. The maximum absolute atomic E-state index is 11.5. The maximum Gasteiger partial charge on any atom is 0.363 e. The minimum absolute atomic E-state index is 0.103. The van der Waals surface area contributed by atoms with Crippen molar-refractivity contribution < 1.29 is 29.1 Å². The first-order valence-corrected chi connectivity index (χ1v) is 14.6. The van der Waals surface area contributed by atoms with Gasteiger partial charge >= 0.3 is 7.60 Å². The number of anilines is 3. The number of nitrogens with one attached hydrogen (secondary N) is 2. The fraction of sp³-hybridized carbons (Fsp3) is 0.261. The van der Waals surface area contributed by atoms with Crippen molar-refractivity contribution in [2.24, 2.45) is 0 Å². The van der Waals surface area contributed by atoms with Gasteiger partial charge in [0, 0.05) is 23.8 Å². The number of fused-ring (bicyclic) bond motifs is 1. The van der Waals surface area contributed by atoms with Crippen molar-refractivity contribution in [1.82, 2.24) is 19.5 Å². The SMILES string of the molecule is O=[PH2]C(O)(CCCNc1nc(Nc2cccc(Cl)c2)c2ncn(CCc3cccc(O)c3)c2n1)P(=O)(O)O. The van der Waals surface area contributed by atoms with Crippen LogP contribution in [0.2, 0.25) is 5.02 Å². The molecule has 0 amide bonds. The van der Waals surface area contributed by atoms with Crippen LogP contribution in [-0.2, 0) is 22.1 Å². The largest absolute Gasteiger partial charge is 0.508 e. The summed E-state index contributed by atoms with van der Waals surface area (Å²) in [5, 5.41) is 24.0. The quantitative estimate of drug-likeness (QED) is 0.105. The summed E-state index contributed by atoms with van der Waals surface area (Å²) in [6.07, 6.45) is 2.00. The van der Waals surface area contributed by atoms with Crippen LogP contribution in [-0.4, -0.2) is 51.1 Å². The number of nitrogens with zero attached hydrogens (tertiary/aromatic N) is 4. The summed E-state index contributed by atoms with van der Waals surface area (Å²) in [6.45, 7) is 0.676. The molecule has 202 valence electrons. The van der Waals surface area contributed by atoms with Gasteiger partial charge in [-0.3, -0.25) is 4.57 Å². The summed E-state index contributed by atoms with van der Waals surface area (Å²) in [4.78, 5) is 32.2. The van der Waals surface area contributed by atoms with Gasteiger partial charge in [-0.25, -0.2) is 4.98 Å². The Kier molecular flexibility index (Phi) is 8.72. The number of halogens is 1. The number of hydrogen-bond acceptors (Lipinski definition) is 9. The van der Waals surface area contributed by atoms with Gasteiger partial charge in [-0.2, -0.15) is 9.97 Å². The van der Waals surface area contributed by atoms with E-state index in [1.807, 2.05) is 16.7 Å². The van der Waals surface area contributed by atoms with E-state index in [-0.39, 0.29) is 31.1 Å². The van der Waals surface area contributed by atoms with E-state index in [2.05, 4.69) is 25.6 Å². The number of rotatable bonds is 12. The maximum atomic E-state index is 11.5. The molecule has 0 saturated carbocycles. The average molecular weight is 581 g/mol. The van der Waals surface area contributed by atoms with Gasteiger partial charge in [0.05, 0.1) is 6.33 Å². The predicted molar refractivity (Wildman–Crippen MR) is 147 cm³/mol. The zero-order valence-electron chi connectivity index (χ0n) is 20.0. The Morgan fingerprint density at radius 1 is 1.13 bits per heavy atom. The number of benzene rings is 2. The zero-order valence-corrected chi connectivity index (χ0v) is 22.8. The number of hydrogen-bond donors (Lipinski definition) is 6. The summed E-state index contributed by atoms with van der Waals surface area (Å²) in [6, 6.07) is 14.1. The van der Waals surface area contributed by atoms with E-state index in [0.29, 0.717) is 40.7 Å². The molecule has 4 aromatic rings. The van der Waals surface area contributed by atoms with Gasteiger partial charge in [-0.05, 0) is 55.2 Å². The molecule has 6 N–H and O–H groups in total. The van der Waals surface area contributed by atoms with E-state index < -0.39 is 21.1 Å². The average Bonchev–Trinajstić information content (AvgIpc) is 3.28. The molecule has 2 aromatic heterocycles. The van der Waals surface area contributed by atoms with Crippen LogP contribution in [0, 0.1) is 0 Å². The summed E-state index contributed by atoms with van der Waals surface area (Å²) in [5.74, 6) is 0.811. The van der Waals surface area contributed by atoms with Crippen molar-refractivity contribution in [3.05, 3.63) is 65.4 Å². The van der Waals surface area contributed by atoms with Gasteiger partial charge in [0.15, 0.2) is 17.0 Å². The molecule has 0 aliphatic carbocycles. The van der Waals surface area contributed by atoms with Gasteiger partial charge in [-0.15, -0.1) is 0 Å². The lowest BCUT2D eigenvalue weighted by Gasteiger charge is -2.23. The van der Waals surface area contributed by atoms with Crippen molar-refractivity contribution in [2.75, 3.05) is 17.2 Å². The Morgan fingerprint density at radius 2 is 1.92 bits per heavy atom. The summed E-state index contributed by atoms with van der Waals surface area (Å²) in [7, 11) is -7.05. The Bertz CT molecular complexity index is 1500. The third-order valence-corrected chi connectivity index (χ3v) is 9.26. The van der Waals surface area contributed by atoms with E-state index in [9.17, 15) is 29.1 Å². The second kappa shape index (κ2) is 11.8. The number of imidazole rings is 1. The van der Waals surface area contributed by atoms with Gasteiger partial charge in [0.25, 0.3) is 0 Å². The first-order valence-electron chi connectivity index (χ1n) is 11.6. The lowest BCUT2D eigenvalue weighted by molar-refractivity contribution is 0.157. The molecule has 15 heteroatoms. The molecule has 2 aromatic carbocycles. The van der Waals surface area contributed by atoms with Crippen molar-refractivity contribution in [1.29, 1.82) is 0 Å². The number of aliphatic hydroxyl groups is 1. The normalized spacial score (nSPS) is 13.7. The highest BCUT2D eigenvalue weighted by Crippen LogP contribution is 2.57. The molecule has 38 heavy (non-hydrogen) atoms. The molecule has 0 fully saturated rings. The number of aromatic nitrogens is 4. The first kappa shape index (κ1) is 28.0. The van der Waals surface area contributed by atoms with Crippen LogP contribution in [0.3, 0.4) is 0 Å². The fourth-order valence-electron chi connectivity index (χ4n) is 3.76. The predicted octanol–water partition coefficient (Wildman–Crippen LogP) is 3.94. The van der Waals surface area contributed by atoms with Gasteiger partial charge in [0.1, 0.15) is 14.2 Å². The van der Waals surface area contributed by atoms with Crippen LogP contribution in [0.5, 0.6) is 5.75 Å². The summed E-state index contributed by atoms with van der Waals surface area (Å²) in [5.41, 5.74) is 2.66. The van der Waals surface area contributed by atoms with E-state index in [1.165, 1.54) is 0 Å². The Morgan fingerprint density at radius 3 is 2.63 bits per heavy atom. The lowest BCUT2D eigenvalue weighted by Crippen LogP contribution is -2.22. The van der Waals surface area contributed by atoms with Crippen LogP contribution in [0.1, 0.15) is 18.4 Å². The number of phenolic OH excluding ortho intramolecular Hbond substituents is 1. The molecule has 2 atom stereocenters. The van der Waals surface area contributed by atoms with Crippen LogP contribution in [0.4, 0.5) is 17.5 Å². The van der Waals surface area contributed by atoms with Gasteiger partial charge in [-0.1, -0.05) is 29.8 Å². The van der Waals surface area contributed by atoms with Crippen molar-refractivity contribution >= 4 is 56.3 Å². The molecule has 0 aliphatic heterocycles. The number of aryl methyl sites for hydroxylation is 2. The fourth-order valence-corrected chi connectivity index (χ4v) is 5.27. The Hall–Kier alpha value is -2.98. The first-order chi connectivity index (χ1) is 18.1. The molecule has 0 radical (unpaired) electrons. The van der Waals surface area contributed by atoms with Crippen LogP contribution in [0.25, 0.3) is 11.2 Å². The highest BCUT2D eigenvalue weighted by molar-refractivity contribution is 7.63. The third kappa shape index (κ3) is 6.71. The zero-order chi connectivity index (χ0) is 27.3. The minimum Gasteiger partial charge on any atom is -0.508 e. The van der Waals surface area contributed by atoms with Crippen molar-refractivity contribution in [3.63, 3.8) is 0 Å². The van der Waals surface area contributed by atoms with Gasteiger partial charge < -0.3 is 39.8 Å². The van der Waals surface area contributed by atoms with Gasteiger partial charge in [0.2, 0.25) is 11.0 Å². The smallest absolute Gasteiger partial charge is 0.363 e. The van der Waals surface area contributed by atoms with Crippen LogP contribution < -0.4 is 10.6 Å². The van der Waals surface area contributed by atoms with Crippen molar-refractivity contribution in [3.8, 4) is 5.75 Å². The molecule has 0 aliphatic rings. The molecular formula is C23H27ClN6O6P2. The molecule has 2 heterocycles. The minimum atomic E-state index is -4.94. The third-order valence-electron chi connectivity index (χ3n) is 5.80. The highest BCUT2D eigenvalue weighted by atomic mass is 35.5. The van der Waals surface area contributed by atoms with E-state index in [1.54, 1.807) is 42.7 Å². The van der Waals surface area contributed by atoms with Crippen molar-refractivity contribution in [2.45, 2.75) is 30.9 Å². The molecule has 12 nitrogen and oxygen atoms in total. The summed E-state index contributed by atoms with van der Waals surface area (Å²) < 4.78 is 24.7. The lowest BCUT2D eigenvalue weighted by atomic mass is 10.1. The topological polar surface area (TPSA) is 183 Å². The van der Waals surface area contributed by atoms with E-state index in [4.69, 9.17) is 11.6 Å². The van der Waals surface area contributed by atoms with Crippen LogP contribution >= 0.6 is 27.7 Å². The van der Waals surface area contributed by atoms with E-state index in [0.717, 1.165) is 5.56 Å². The standard InChI is InChI=1S/C23H27ClN6O6P2/c24-16-5-2-6-17(13-16)27-20-19-21(30(14-26-19)11-8-15-4-1-7-18(31)12-15)29-22(28-20)25-10-3-9-23(32,37-33)38(34,35)36/h1-2,4-7,12-14,31-32H,3,8-11,37H2,(H2,34,35,36)(H2,25,27,28,29). The number of phenols is 1. The highest BCUT2D eigenvalue weighted by Gasteiger charge is 2.43. The molecule has 0 bridgehead atoms. The molecule has 2 unspecified atom stereocenters. The summed E-state index contributed by atoms with van der Waals surface area (Å²) >= 11 is 6.12. The Balaban J connectivity index is 1.58. The molecular weight excluding hydrogens is 554 g/mol. The molecule has 0 spiro atoms.